The number of sulfone groups is 1. The number of benzene rings is 2. The van der Waals surface area contributed by atoms with Gasteiger partial charge in [0.15, 0.2) is 9.84 Å². The summed E-state index contributed by atoms with van der Waals surface area (Å²) in [6.45, 7) is 3.19. The van der Waals surface area contributed by atoms with Crippen LogP contribution in [0.5, 0.6) is 0 Å². The van der Waals surface area contributed by atoms with Gasteiger partial charge in [0.1, 0.15) is 5.82 Å². The van der Waals surface area contributed by atoms with Crippen LogP contribution in [0.3, 0.4) is 0 Å². The highest BCUT2D eigenvalue weighted by atomic mass is 32.2. The number of carbonyl (C=O) groups is 2. The molecule has 0 unspecified atom stereocenters. The quantitative estimate of drug-likeness (QED) is 0.770. The molecular formula is C19H19FN2O4S2. The maximum absolute atomic E-state index is 13.6. The molecule has 1 aliphatic heterocycles. The number of amides is 2. The number of para-hydroxylation sites is 1. The number of rotatable bonds is 5. The fourth-order valence-electron chi connectivity index (χ4n) is 2.73. The van der Waals surface area contributed by atoms with Crippen molar-refractivity contribution in [3.63, 3.8) is 0 Å². The van der Waals surface area contributed by atoms with Crippen LogP contribution >= 0.6 is 11.8 Å². The molecule has 0 aromatic heterocycles. The number of thioether (sulfide) groups is 1. The zero-order valence-electron chi connectivity index (χ0n) is 15.2. The third-order valence-corrected chi connectivity index (χ3v) is 7.68. The largest absolute Gasteiger partial charge is 0.324 e. The first-order valence-corrected chi connectivity index (χ1v) is 11.0. The van der Waals surface area contributed by atoms with E-state index < -0.39 is 26.8 Å². The lowest BCUT2D eigenvalue weighted by atomic mass is 10.2. The Morgan fingerprint density at radius 3 is 2.71 bits per heavy atom. The number of hydrogen-bond donors (Lipinski definition) is 2. The van der Waals surface area contributed by atoms with Gasteiger partial charge in [-0.3, -0.25) is 9.59 Å². The van der Waals surface area contributed by atoms with Gasteiger partial charge in [-0.05, 0) is 44.2 Å². The van der Waals surface area contributed by atoms with Gasteiger partial charge in [0.2, 0.25) is 11.8 Å². The summed E-state index contributed by atoms with van der Waals surface area (Å²) in [5.41, 5.74) is 0.442. The third kappa shape index (κ3) is 4.20. The monoisotopic (exact) mass is 422 g/mol. The predicted molar refractivity (Wildman–Crippen MR) is 107 cm³/mol. The molecule has 0 spiro atoms. The van der Waals surface area contributed by atoms with Crippen LogP contribution < -0.4 is 10.6 Å². The van der Waals surface area contributed by atoms with Crippen LogP contribution in [0.2, 0.25) is 0 Å². The van der Waals surface area contributed by atoms with E-state index in [1.54, 1.807) is 19.1 Å². The molecule has 0 aliphatic carbocycles. The molecule has 148 valence electrons. The number of fused-ring (bicyclic) bond motifs is 1. The van der Waals surface area contributed by atoms with Crippen molar-refractivity contribution in [1.82, 2.24) is 0 Å². The summed E-state index contributed by atoms with van der Waals surface area (Å²) >= 11 is 1.35. The number of anilines is 2. The highest BCUT2D eigenvalue weighted by Crippen LogP contribution is 2.37. The van der Waals surface area contributed by atoms with Gasteiger partial charge in [-0.1, -0.05) is 12.1 Å². The Kier molecular flexibility index (Phi) is 5.76. The number of nitrogens with one attached hydrogen (secondary N) is 2. The first-order valence-electron chi connectivity index (χ1n) is 8.58. The molecule has 28 heavy (non-hydrogen) atoms. The lowest BCUT2D eigenvalue weighted by Crippen LogP contribution is -2.27. The highest BCUT2D eigenvalue weighted by molar-refractivity contribution is 8.01. The smallest absolute Gasteiger partial charge is 0.237 e. The fraction of sp³-hybridized carbons (Fsp3) is 0.263. The normalized spacial score (nSPS) is 17.4. The molecule has 2 aromatic carbocycles. The van der Waals surface area contributed by atoms with Crippen molar-refractivity contribution in [1.29, 1.82) is 0 Å². The Hall–Kier alpha value is -2.39. The zero-order valence-corrected chi connectivity index (χ0v) is 16.9. The summed E-state index contributed by atoms with van der Waals surface area (Å²) in [6.07, 6.45) is -0.327. The molecule has 0 saturated carbocycles. The van der Waals surface area contributed by atoms with Gasteiger partial charge in [0.05, 0.1) is 26.8 Å². The fourth-order valence-corrected chi connectivity index (χ4v) is 5.04. The van der Waals surface area contributed by atoms with E-state index in [4.69, 9.17) is 0 Å². The second-order valence-corrected chi connectivity index (χ2v) is 10.2. The minimum atomic E-state index is -3.82. The molecule has 2 N–H and O–H groups in total. The van der Waals surface area contributed by atoms with Crippen molar-refractivity contribution in [3.8, 4) is 0 Å². The zero-order chi connectivity index (χ0) is 20.5. The summed E-state index contributed by atoms with van der Waals surface area (Å²) in [4.78, 5) is 24.8. The average Bonchev–Trinajstić information content (AvgIpc) is 2.64. The van der Waals surface area contributed by atoms with Crippen molar-refractivity contribution in [2.45, 2.75) is 40.6 Å². The summed E-state index contributed by atoms with van der Waals surface area (Å²) < 4.78 is 39.3. The molecule has 2 aromatic rings. The third-order valence-electron chi connectivity index (χ3n) is 4.36. The molecule has 1 aliphatic rings. The summed E-state index contributed by atoms with van der Waals surface area (Å²) in [5, 5.41) is 3.80. The Morgan fingerprint density at radius 1 is 1.29 bits per heavy atom. The SMILES string of the molecule is C[C@H](CC(=O)Nc1ccccc1F)S(=O)(=O)c1ccc2c(c1)NC(=O)[C@@H](C)S2. The molecule has 0 radical (unpaired) electrons. The van der Waals surface area contributed by atoms with E-state index in [1.165, 1.54) is 49.0 Å². The van der Waals surface area contributed by atoms with Gasteiger partial charge in [-0.2, -0.15) is 0 Å². The molecule has 0 saturated heterocycles. The van der Waals surface area contributed by atoms with Crippen LogP contribution in [-0.4, -0.2) is 30.7 Å². The van der Waals surface area contributed by atoms with E-state index in [2.05, 4.69) is 10.6 Å². The van der Waals surface area contributed by atoms with E-state index in [-0.39, 0.29) is 28.2 Å². The molecule has 6 nitrogen and oxygen atoms in total. The Labute approximate surface area is 166 Å². The molecule has 9 heteroatoms. The minimum absolute atomic E-state index is 0.000245. The van der Waals surface area contributed by atoms with Gasteiger partial charge >= 0.3 is 0 Å². The second-order valence-electron chi connectivity index (χ2n) is 6.50. The van der Waals surface area contributed by atoms with Gasteiger partial charge < -0.3 is 10.6 Å². The molecule has 0 bridgehead atoms. The van der Waals surface area contributed by atoms with Gasteiger partial charge in [-0.15, -0.1) is 11.8 Å². The van der Waals surface area contributed by atoms with Crippen LogP contribution in [0.1, 0.15) is 20.3 Å². The first-order chi connectivity index (χ1) is 13.2. The first kappa shape index (κ1) is 20.3. The van der Waals surface area contributed by atoms with E-state index in [1.807, 2.05) is 0 Å². The van der Waals surface area contributed by atoms with Crippen molar-refractivity contribution < 1.29 is 22.4 Å². The minimum Gasteiger partial charge on any atom is -0.324 e. The van der Waals surface area contributed by atoms with Crippen molar-refractivity contribution in [2.75, 3.05) is 10.6 Å². The molecule has 3 rings (SSSR count). The number of halogens is 1. The van der Waals surface area contributed by atoms with E-state index in [9.17, 15) is 22.4 Å². The maximum Gasteiger partial charge on any atom is 0.237 e. The molecule has 2 atom stereocenters. The Morgan fingerprint density at radius 2 is 2.00 bits per heavy atom. The van der Waals surface area contributed by atoms with Crippen LogP contribution in [0, 0.1) is 5.82 Å². The lowest BCUT2D eigenvalue weighted by molar-refractivity contribution is -0.116. The Bertz CT molecular complexity index is 1040. The van der Waals surface area contributed by atoms with E-state index in [0.717, 1.165) is 4.90 Å². The van der Waals surface area contributed by atoms with Crippen molar-refractivity contribution in [3.05, 3.63) is 48.3 Å². The summed E-state index contributed by atoms with van der Waals surface area (Å²) in [7, 11) is -3.82. The van der Waals surface area contributed by atoms with Gasteiger partial charge in [0, 0.05) is 11.3 Å². The van der Waals surface area contributed by atoms with Gasteiger partial charge in [-0.25, -0.2) is 12.8 Å². The van der Waals surface area contributed by atoms with E-state index >= 15 is 0 Å². The van der Waals surface area contributed by atoms with Crippen molar-refractivity contribution >= 4 is 44.8 Å². The second kappa shape index (κ2) is 7.92. The van der Waals surface area contributed by atoms with Crippen LogP contribution in [0.4, 0.5) is 15.8 Å². The predicted octanol–water partition coefficient (Wildman–Crippen LogP) is 3.45. The van der Waals surface area contributed by atoms with Crippen LogP contribution in [0.15, 0.2) is 52.3 Å². The Balaban J connectivity index is 1.75. The van der Waals surface area contributed by atoms with Crippen LogP contribution in [-0.2, 0) is 19.4 Å². The lowest BCUT2D eigenvalue weighted by Gasteiger charge is -2.22. The topological polar surface area (TPSA) is 92.3 Å². The number of hydrogen-bond acceptors (Lipinski definition) is 5. The van der Waals surface area contributed by atoms with Gasteiger partial charge in [0.25, 0.3) is 0 Å². The summed E-state index contributed by atoms with van der Waals surface area (Å²) in [5.74, 6) is -1.38. The summed E-state index contributed by atoms with van der Waals surface area (Å²) in [6, 6.07) is 10.2. The highest BCUT2D eigenvalue weighted by Gasteiger charge is 2.29. The molecule has 0 fully saturated rings. The standard InChI is InChI=1S/C19H19FN2O4S2/c1-11(9-18(23)21-15-6-4-3-5-14(15)20)28(25,26)13-7-8-17-16(10-13)22-19(24)12(2)27-17/h3-8,10-12H,9H2,1-2H3,(H,21,23)(H,22,24)/t11-,12-/m1/s1. The maximum atomic E-state index is 13.6. The number of carbonyl (C=O) groups excluding carboxylic acids is 2. The van der Waals surface area contributed by atoms with E-state index in [0.29, 0.717) is 5.69 Å². The van der Waals surface area contributed by atoms with Crippen molar-refractivity contribution in [2.24, 2.45) is 0 Å². The molecular weight excluding hydrogens is 403 g/mol. The van der Waals surface area contributed by atoms with Crippen LogP contribution in [0.25, 0.3) is 0 Å². The molecule has 2 amide bonds. The average molecular weight is 423 g/mol. The molecule has 1 heterocycles.